The molecule has 0 radical (unpaired) electrons. The molecule has 2 saturated heterocycles. The van der Waals surface area contributed by atoms with Crippen molar-refractivity contribution in [3.63, 3.8) is 0 Å². The first-order valence-electron chi connectivity index (χ1n) is 11.7. The summed E-state index contributed by atoms with van der Waals surface area (Å²) in [5.74, 6) is 1.57. The first-order chi connectivity index (χ1) is 15.7. The van der Waals surface area contributed by atoms with Gasteiger partial charge >= 0.3 is 0 Å². The number of fused-ring (bicyclic) bond motifs is 1. The van der Waals surface area contributed by atoms with Gasteiger partial charge in [0.25, 0.3) is 5.91 Å². The Hall–Kier alpha value is -2.13. The lowest BCUT2D eigenvalue weighted by Gasteiger charge is -2.48. The third-order valence-electron chi connectivity index (χ3n) is 6.79. The van der Waals surface area contributed by atoms with Crippen LogP contribution in [0.3, 0.4) is 0 Å². The van der Waals surface area contributed by atoms with Gasteiger partial charge in [-0.05, 0) is 55.0 Å². The van der Waals surface area contributed by atoms with Gasteiger partial charge in [-0.2, -0.15) is 0 Å². The fraction of sp³-hybridized carbons (Fsp3) is 0.462. The van der Waals surface area contributed by atoms with E-state index in [-0.39, 0.29) is 29.9 Å². The van der Waals surface area contributed by atoms with Gasteiger partial charge in [-0.25, -0.2) is 0 Å². The lowest BCUT2D eigenvalue weighted by atomic mass is 9.83. The number of aliphatic imine (C=N–C) groups is 1. The number of hydrogen-bond donors (Lipinski definition) is 2. The number of guanidine groups is 1. The maximum atomic E-state index is 11.9. The number of benzene rings is 2. The maximum absolute atomic E-state index is 11.9. The lowest BCUT2D eigenvalue weighted by molar-refractivity contribution is 0.0372. The molecule has 2 N–H and O–H groups in total. The number of carbonyl (C=O) groups excluding carboxylic acids is 1. The van der Waals surface area contributed by atoms with E-state index in [4.69, 9.17) is 0 Å². The zero-order chi connectivity index (χ0) is 22.3. The van der Waals surface area contributed by atoms with Crippen LogP contribution in [0.2, 0.25) is 0 Å². The second-order valence-corrected chi connectivity index (χ2v) is 8.84. The van der Waals surface area contributed by atoms with Gasteiger partial charge in [0.05, 0.1) is 0 Å². The molecule has 2 heterocycles. The van der Waals surface area contributed by atoms with E-state index in [9.17, 15) is 4.79 Å². The molecule has 0 bridgehead atoms. The zero-order valence-corrected chi connectivity index (χ0v) is 22.0. The number of halogens is 1. The monoisotopic (exact) mass is 561 g/mol. The van der Waals surface area contributed by atoms with E-state index in [0.29, 0.717) is 24.1 Å². The largest absolute Gasteiger partial charge is 0.355 e. The molecule has 0 saturated carbocycles. The van der Waals surface area contributed by atoms with Crippen LogP contribution in [0.15, 0.2) is 59.6 Å². The van der Waals surface area contributed by atoms with Crippen molar-refractivity contribution in [2.75, 3.05) is 33.7 Å². The van der Waals surface area contributed by atoms with Crippen LogP contribution in [0.1, 0.15) is 40.7 Å². The molecular formula is C26H36IN5O. The Bertz CT molecular complexity index is 935. The summed E-state index contributed by atoms with van der Waals surface area (Å²) < 4.78 is 0. The Labute approximate surface area is 214 Å². The van der Waals surface area contributed by atoms with Crippen molar-refractivity contribution in [3.05, 3.63) is 71.3 Å². The second kappa shape index (κ2) is 12.4. The predicted octanol–water partition coefficient (Wildman–Crippen LogP) is 3.73. The Morgan fingerprint density at radius 2 is 1.85 bits per heavy atom. The second-order valence-electron chi connectivity index (χ2n) is 8.84. The van der Waals surface area contributed by atoms with Crippen molar-refractivity contribution in [2.24, 2.45) is 10.9 Å². The molecule has 0 aliphatic carbocycles. The quantitative estimate of drug-likeness (QED) is 0.332. The molecule has 0 aromatic heterocycles. The van der Waals surface area contributed by atoms with Gasteiger partial charge in [-0.3, -0.25) is 14.7 Å². The van der Waals surface area contributed by atoms with Crippen LogP contribution in [-0.4, -0.2) is 61.4 Å². The number of nitrogens with zero attached hydrogens (tertiary/aromatic N) is 3. The highest BCUT2D eigenvalue weighted by atomic mass is 127. The summed E-state index contributed by atoms with van der Waals surface area (Å²) in [6, 6.07) is 19.3. The minimum Gasteiger partial charge on any atom is -0.355 e. The summed E-state index contributed by atoms with van der Waals surface area (Å²) in [5, 5.41) is 6.20. The summed E-state index contributed by atoms with van der Waals surface area (Å²) in [6.45, 7) is 4.97. The van der Waals surface area contributed by atoms with Gasteiger partial charge in [-0.1, -0.05) is 42.5 Å². The third kappa shape index (κ3) is 6.47. The molecule has 6 nitrogen and oxygen atoms in total. The fourth-order valence-corrected chi connectivity index (χ4v) is 5.19. The van der Waals surface area contributed by atoms with E-state index < -0.39 is 0 Å². The van der Waals surface area contributed by atoms with Crippen molar-refractivity contribution in [3.8, 4) is 0 Å². The van der Waals surface area contributed by atoms with E-state index in [2.05, 4.69) is 55.8 Å². The zero-order valence-electron chi connectivity index (χ0n) is 19.7. The molecule has 2 atom stereocenters. The number of nitrogens with one attached hydrogen (secondary N) is 2. The maximum Gasteiger partial charge on any atom is 0.251 e. The SMILES string of the molecule is CN=C(NCc1cccc(C(=O)NC)c1)N1CCC2C(CCCN2Cc2ccccc2)C1.I. The van der Waals surface area contributed by atoms with E-state index in [0.717, 1.165) is 31.2 Å². The number of rotatable bonds is 5. The Morgan fingerprint density at radius 1 is 1.06 bits per heavy atom. The highest BCUT2D eigenvalue weighted by Gasteiger charge is 2.36. The summed E-state index contributed by atoms with van der Waals surface area (Å²) in [4.78, 5) is 21.6. The Balaban J connectivity index is 0.00000306. The first kappa shape index (κ1) is 25.5. The van der Waals surface area contributed by atoms with Gasteiger partial charge in [0.2, 0.25) is 0 Å². The number of piperidine rings is 2. The van der Waals surface area contributed by atoms with Gasteiger partial charge in [0.1, 0.15) is 0 Å². The molecule has 2 aliphatic heterocycles. The van der Waals surface area contributed by atoms with Gasteiger partial charge in [-0.15, -0.1) is 24.0 Å². The lowest BCUT2D eigenvalue weighted by Crippen LogP contribution is -2.56. The minimum absolute atomic E-state index is 0. The standard InChI is InChI=1S/C26H35N5O.HI/c1-27-25(32)22-11-6-10-21(16-22)17-29-26(28-2)31-15-13-24-23(19-31)12-7-14-30(24)18-20-8-4-3-5-9-20;/h3-6,8-11,16,23-24H,7,12-15,17-19H2,1-2H3,(H,27,32)(H,28,29);1H. The van der Waals surface area contributed by atoms with Crippen LogP contribution < -0.4 is 10.6 Å². The average molecular weight is 562 g/mol. The number of amides is 1. The third-order valence-corrected chi connectivity index (χ3v) is 6.79. The molecule has 7 heteroatoms. The topological polar surface area (TPSA) is 60.0 Å². The Kier molecular flexibility index (Phi) is 9.55. The summed E-state index contributed by atoms with van der Waals surface area (Å²) in [5.41, 5.74) is 3.17. The molecule has 2 unspecified atom stereocenters. The van der Waals surface area contributed by atoms with Gasteiger partial charge in [0, 0.05) is 51.9 Å². The van der Waals surface area contributed by atoms with Crippen molar-refractivity contribution in [1.82, 2.24) is 20.4 Å². The smallest absolute Gasteiger partial charge is 0.251 e. The molecule has 2 aromatic carbocycles. The van der Waals surface area contributed by atoms with Gasteiger partial charge in [0.15, 0.2) is 5.96 Å². The van der Waals surface area contributed by atoms with E-state index in [1.165, 1.54) is 31.4 Å². The molecule has 4 rings (SSSR count). The number of hydrogen-bond acceptors (Lipinski definition) is 3. The minimum atomic E-state index is -0.0596. The molecule has 2 aliphatic rings. The van der Waals surface area contributed by atoms with E-state index in [1.807, 2.05) is 31.3 Å². The van der Waals surface area contributed by atoms with Gasteiger partial charge < -0.3 is 15.5 Å². The van der Waals surface area contributed by atoms with Crippen LogP contribution in [0.5, 0.6) is 0 Å². The van der Waals surface area contributed by atoms with Crippen molar-refractivity contribution in [1.29, 1.82) is 0 Å². The van der Waals surface area contributed by atoms with Crippen LogP contribution in [0.4, 0.5) is 0 Å². The summed E-state index contributed by atoms with van der Waals surface area (Å²) in [7, 11) is 3.52. The number of likely N-dealkylation sites (tertiary alicyclic amines) is 2. The normalized spacial score (nSPS) is 21.0. The molecule has 2 fully saturated rings. The average Bonchev–Trinajstić information content (AvgIpc) is 2.85. The van der Waals surface area contributed by atoms with Crippen LogP contribution >= 0.6 is 24.0 Å². The molecule has 1 amide bonds. The van der Waals surface area contributed by atoms with E-state index in [1.54, 1.807) is 7.05 Å². The van der Waals surface area contributed by atoms with Crippen LogP contribution in [-0.2, 0) is 13.1 Å². The molecule has 2 aromatic rings. The molecule has 178 valence electrons. The first-order valence-corrected chi connectivity index (χ1v) is 11.7. The van der Waals surface area contributed by atoms with Crippen molar-refractivity contribution in [2.45, 2.75) is 38.4 Å². The fourth-order valence-electron chi connectivity index (χ4n) is 5.19. The highest BCUT2D eigenvalue weighted by Crippen LogP contribution is 2.31. The highest BCUT2D eigenvalue weighted by molar-refractivity contribution is 14.0. The van der Waals surface area contributed by atoms with Crippen LogP contribution in [0.25, 0.3) is 0 Å². The molecule has 33 heavy (non-hydrogen) atoms. The summed E-state index contributed by atoms with van der Waals surface area (Å²) >= 11 is 0. The number of carbonyl (C=O) groups is 1. The Morgan fingerprint density at radius 3 is 2.61 bits per heavy atom. The molecular weight excluding hydrogens is 525 g/mol. The van der Waals surface area contributed by atoms with Crippen LogP contribution in [0, 0.1) is 5.92 Å². The van der Waals surface area contributed by atoms with Crippen molar-refractivity contribution < 1.29 is 4.79 Å². The molecule has 0 spiro atoms. The van der Waals surface area contributed by atoms with E-state index >= 15 is 0 Å². The summed E-state index contributed by atoms with van der Waals surface area (Å²) in [6.07, 6.45) is 3.72. The predicted molar refractivity (Wildman–Crippen MR) is 145 cm³/mol. The van der Waals surface area contributed by atoms with Crippen molar-refractivity contribution >= 4 is 35.8 Å².